The summed E-state index contributed by atoms with van der Waals surface area (Å²) in [6.07, 6.45) is 8.30. The second-order valence-electron chi connectivity index (χ2n) is 9.11. The number of piperidine rings is 1. The number of nitrogens with one attached hydrogen (secondary N) is 2. The molecule has 2 aromatic heterocycles. The second-order valence-corrected chi connectivity index (χ2v) is 9.11. The van der Waals surface area contributed by atoms with Crippen LogP contribution < -0.4 is 10.5 Å². The van der Waals surface area contributed by atoms with E-state index in [0.29, 0.717) is 6.04 Å². The van der Waals surface area contributed by atoms with Crippen molar-refractivity contribution in [1.29, 1.82) is 0 Å². The summed E-state index contributed by atoms with van der Waals surface area (Å²) >= 11 is 0. The quantitative estimate of drug-likeness (QED) is 0.696. The van der Waals surface area contributed by atoms with Gasteiger partial charge in [0.15, 0.2) is 6.04 Å². The van der Waals surface area contributed by atoms with Crippen LogP contribution in [0.3, 0.4) is 0 Å². The predicted molar refractivity (Wildman–Crippen MR) is 116 cm³/mol. The van der Waals surface area contributed by atoms with Crippen molar-refractivity contribution < 1.29 is 4.90 Å². The van der Waals surface area contributed by atoms with E-state index in [-0.39, 0.29) is 11.6 Å². The summed E-state index contributed by atoms with van der Waals surface area (Å²) in [5, 5.41) is 14.1. The number of aromatic nitrogens is 5. The van der Waals surface area contributed by atoms with Crippen molar-refractivity contribution in [3.05, 3.63) is 51.1 Å². The number of likely N-dealkylation sites (tertiary alicyclic amines) is 1. The first kappa shape index (κ1) is 19.4. The average molecular weight is 408 g/mol. The van der Waals surface area contributed by atoms with E-state index in [2.05, 4.69) is 45.6 Å². The molecule has 5 rings (SSSR count). The highest BCUT2D eigenvalue weighted by Gasteiger charge is 2.36. The zero-order valence-corrected chi connectivity index (χ0v) is 17.9. The van der Waals surface area contributed by atoms with Crippen molar-refractivity contribution in [2.45, 2.75) is 70.9 Å². The van der Waals surface area contributed by atoms with E-state index in [9.17, 15) is 4.79 Å². The number of rotatable bonds is 4. The third kappa shape index (κ3) is 3.35. The molecule has 2 fully saturated rings. The number of pyridine rings is 1. The molecule has 1 saturated heterocycles. The Hall–Kier alpha value is -2.54. The Morgan fingerprint density at radius 3 is 2.57 bits per heavy atom. The molecule has 7 heteroatoms. The van der Waals surface area contributed by atoms with Crippen LogP contribution in [0.2, 0.25) is 0 Å². The van der Waals surface area contributed by atoms with Gasteiger partial charge in [0.25, 0.3) is 5.56 Å². The van der Waals surface area contributed by atoms with E-state index >= 15 is 0 Å². The van der Waals surface area contributed by atoms with Gasteiger partial charge in [0, 0.05) is 5.39 Å². The van der Waals surface area contributed by atoms with Crippen LogP contribution in [0.15, 0.2) is 23.0 Å². The Kier molecular flexibility index (Phi) is 5.15. The maximum absolute atomic E-state index is 13.4. The molecule has 0 amide bonds. The van der Waals surface area contributed by atoms with Gasteiger partial charge in [-0.15, -0.1) is 5.10 Å². The molecule has 1 atom stereocenters. The van der Waals surface area contributed by atoms with Gasteiger partial charge in [-0.05, 0) is 73.6 Å². The number of aryl methyl sites for hydroxylation is 2. The van der Waals surface area contributed by atoms with Crippen molar-refractivity contribution in [2.75, 3.05) is 13.1 Å². The summed E-state index contributed by atoms with van der Waals surface area (Å²) < 4.78 is 2.03. The maximum atomic E-state index is 13.4. The van der Waals surface area contributed by atoms with Gasteiger partial charge in [0.1, 0.15) is 0 Å². The lowest BCUT2D eigenvalue weighted by atomic mass is 9.98. The van der Waals surface area contributed by atoms with E-state index in [1.807, 2.05) is 11.6 Å². The van der Waals surface area contributed by atoms with Gasteiger partial charge >= 0.3 is 0 Å². The van der Waals surface area contributed by atoms with Crippen LogP contribution in [0.4, 0.5) is 0 Å². The Morgan fingerprint density at radius 2 is 1.80 bits per heavy atom. The van der Waals surface area contributed by atoms with E-state index in [1.165, 1.54) is 42.6 Å². The predicted octanol–water partition coefficient (Wildman–Crippen LogP) is 2.40. The number of nitrogens with zero attached hydrogens (tertiary/aromatic N) is 4. The highest BCUT2D eigenvalue weighted by molar-refractivity contribution is 5.85. The summed E-state index contributed by atoms with van der Waals surface area (Å²) in [6.45, 7) is 6.25. The number of H-pyrrole nitrogens is 1. The molecule has 3 aromatic rings. The van der Waals surface area contributed by atoms with Crippen LogP contribution in [0, 0.1) is 13.8 Å². The minimum Gasteiger partial charge on any atom is -0.322 e. The number of tetrazole rings is 1. The zero-order valence-electron chi connectivity index (χ0n) is 17.9. The lowest BCUT2D eigenvalue weighted by molar-refractivity contribution is -0.931. The molecule has 2 N–H and O–H groups in total. The summed E-state index contributed by atoms with van der Waals surface area (Å²) in [5.74, 6) is 0.856. The molecule has 30 heavy (non-hydrogen) atoms. The molecule has 1 saturated carbocycles. The normalized spacial score (nSPS) is 19.5. The summed E-state index contributed by atoms with van der Waals surface area (Å²) in [6, 6.07) is 6.53. The molecule has 158 valence electrons. The molecule has 2 aliphatic rings. The first-order valence-electron chi connectivity index (χ1n) is 11.4. The number of quaternary nitrogens is 1. The fraction of sp³-hybridized carbons (Fsp3) is 0.565. The van der Waals surface area contributed by atoms with Crippen molar-refractivity contribution >= 4 is 10.9 Å². The van der Waals surface area contributed by atoms with Gasteiger partial charge in [-0.2, -0.15) is 0 Å². The standard InChI is InChI=1S/C23H30N6O/c1-15-10-11-16(2)20-18(15)14-19(23(30)24-20)21(28-12-6-3-7-13-28)22-25-26-27-29(22)17-8-4-5-9-17/h10-11,14,17,21H,3-9,12-13H2,1-2H3,(H,24,30)/p+1/t21-/m1/s1. The van der Waals surface area contributed by atoms with Gasteiger partial charge in [-0.1, -0.05) is 25.0 Å². The summed E-state index contributed by atoms with van der Waals surface area (Å²) in [4.78, 5) is 18.0. The number of benzene rings is 1. The molecule has 1 aliphatic heterocycles. The zero-order chi connectivity index (χ0) is 20.7. The lowest BCUT2D eigenvalue weighted by Gasteiger charge is -2.31. The van der Waals surface area contributed by atoms with Crippen molar-refractivity contribution in [2.24, 2.45) is 0 Å². The first-order valence-corrected chi connectivity index (χ1v) is 11.4. The Morgan fingerprint density at radius 1 is 1.07 bits per heavy atom. The van der Waals surface area contributed by atoms with E-state index in [1.54, 1.807) is 0 Å². The molecular formula is C23H31N6O+. The smallest absolute Gasteiger partial charge is 0.258 e. The number of hydrogen-bond acceptors (Lipinski definition) is 4. The van der Waals surface area contributed by atoms with Crippen molar-refractivity contribution in [3.8, 4) is 0 Å². The molecule has 0 radical (unpaired) electrons. The first-order chi connectivity index (χ1) is 14.6. The number of hydrogen-bond donors (Lipinski definition) is 2. The lowest BCUT2D eigenvalue weighted by Crippen LogP contribution is -3.13. The van der Waals surface area contributed by atoms with Crippen LogP contribution in [0.1, 0.15) is 79.5 Å². The molecule has 1 aromatic carbocycles. The monoisotopic (exact) mass is 407 g/mol. The molecule has 0 unspecified atom stereocenters. The van der Waals surface area contributed by atoms with E-state index in [4.69, 9.17) is 0 Å². The maximum Gasteiger partial charge on any atom is 0.258 e. The molecule has 0 bridgehead atoms. The van der Waals surface area contributed by atoms with Crippen molar-refractivity contribution in [1.82, 2.24) is 25.2 Å². The van der Waals surface area contributed by atoms with Gasteiger partial charge in [0.05, 0.1) is 30.2 Å². The second kappa shape index (κ2) is 7.95. The van der Waals surface area contributed by atoms with Crippen LogP contribution in [0.5, 0.6) is 0 Å². The van der Waals surface area contributed by atoms with Crippen molar-refractivity contribution in [3.63, 3.8) is 0 Å². The third-order valence-corrected chi connectivity index (χ3v) is 7.13. The minimum atomic E-state index is -0.131. The van der Waals surface area contributed by atoms with Crippen LogP contribution in [-0.4, -0.2) is 38.3 Å². The Bertz CT molecular complexity index is 1100. The summed E-state index contributed by atoms with van der Waals surface area (Å²) in [5.41, 5.74) is 3.99. The highest BCUT2D eigenvalue weighted by Crippen LogP contribution is 2.31. The Balaban J connectivity index is 1.68. The highest BCUT2D eigenvalue weighted by atomic mass is 16.1. The minimum absolute atomic E-state index is 0.0137. The largest absolute Gasteiger partial charge is 0.322 e. The van der Waals surface area contributed by atoms with Crippen LogP contribution >= 0.6 is 0 Å². The number of fused-ring (bicyclic) bond motifs is 1. The molecular weight excluding hydrogens is 376 g/mol. The third-order valence-electron chi connectivity index (χ3n) is 7.13. The average Bonchev–Trinajstić information content (AvgIpc) is 3.45. The van der Waals surface area contributed by atoms with Crippen LogP contribution in [-0.2, 0) is 0 Å². The van der Waals surface area contributed by atoms with Gasteiger partial charge in [-0.3, -0.25) is 4.79 Å². The molecule has 0 spiro atoms. The molecule has 1 aliphatic carbocycles. The SMILES string of the molecule is Cc1ccc(C)c2[nH]c(=O)c([C@H](c3nnnn3C3CCCC3)[NH+]3CCCCC3)cc12. The summed E-state index contributed by atoms with van der Waals surface area (Å²) in [7, 11) is 0. The van der Waals surface area contributed by atoms with Crippen LogP contribution in [0.25, 0.3) is 10.9 Å². The van der Waals surface area contributed by atoms with Gasteiger partial charge < -0.3 is 9.88 Å². The van der Waals surface area contributed by atoms with E-state index in [0.717, 1.165) is 53.8 Å². The fourth-order valence-electron chi connectivity index (χ4n) is 5.44. The fourth-order valence-corrected chi connectivity index (χ4v) is 5.44. The van der Waals surface area contributed by atoms with E-state index < -0.39 is 0 Å². The molecule has 3 heterocycles. The number of aromatic amines is 1. The molecule has 7 nitrogen and oxygen atoms in total. The van der Waals surface area contributed by atoms with Gasteiger partial charge in [0.2, 0.25) is 5.82 Å². The Labute approximate surface area is 176 Å². The topological polar surface area (TPSA) is 80.9 Å². The van der Waals surface area contributed by atoms with Gasteiger partial charge in [-0.25, -0.2) is 4.68 Å².